The molecule has 0 radical (unpaired) electrons. The van der Waals surface area contributed by atoms with Crippen molar-refractivity contribution in [3.05, 3.63) is 60.4 Å². The number of aliphatic hydroxyl groups excluding tert-OH is 1. The van der Waals surface area contributed by atoms with Gasteiger partial charge in [0, 0.05) is 18.9 Å². The van der Waals surface area contributed by atoms with Crippen LogP contribution in [0.1, 0.15) is 11.7 Å². The summed E-state index contributed by atoms with van der Waals surface area (Å²) in [6.45, 7) is -0.0821. The summed E-state index contributed by atoms with van der Waals surface area (Å²) < 4.78 is 26.2. The van der Waals surface area contributed by atoms with Crippen molar-refractivity contribution in [2.45, 2.75) is 11.0 Å². The van der Waals surface area contributed by atoms with Crippen LogP contribution in [0.4, 0.5) is 0 Å². The van der Waals surface area contributed by atoms with Gasteiger partial charge in [-0.1, -0.05) is 30.3 Å². The first kappa shape index (κ1) is 13.7. The quantitative estimate of drug-likeness (QED) is 0.858. The van der Waals surface area contributed by atoms with Crippen molar-refractivity contribution in [3.8, 4) is 0 Å². The molecule has 0 aliphatic heterocycles. The van der Waals surface area contributed by atoms with Crippen molar-refractivity contribution >= 4 is 10.0 Å². The molecule has 0 amide bonds. The van der Waals surface area contributed by atoms with Gasteiger partial charge in [0.1, 0.15) is 4.90 Å². The van der Waals surface area contributed by atoms with Gasteiger partial charge in [-0.15, -0.1) is 0 Å². The predicted molar refractivity (Wildman–Crippen MR) is 70.8 cm³/mol. The molecule has 1 unspecified atom stereocenters. The van der Waals surface area contributed by atoms with Crippen LogP contribution in [0.3, 0.4) is 0 Å². The van der Waals surface area contributed by atoms with Crippen LogP contribution < -0.4 is 4.72 Å². The van der Waals surface area contributed by atoms with Gasteiger partial charge in [-0.2, -0.15) is 0 Å². The van der Waals surface area contributed by atoms with E-state index in [1.807, 2.05) is 6.07 Å². The molecule has 6 heteroatoms. The minimum absolute atomic E-state index is 0.0789. The lowest BCUT2D eigenvalue weighted by Crippen LogP contribution is -2.28. The third-order valence-corrected chi connectivity index (χ3v) is 4.00. The second-order valence-electron chi connectivity index (χ2n) is 3.97. The maximum Gasteiger partial charge on any atom is 0.242 e. The average molecular weight is 278 g/mol. The van der Waals surface area contributed by atoms with E-state index in [2.05, 4.69) is 9.71 Å². The number of sulfonamides is 1. The van der Waals surface area contributed by atoms with Gasteiger partial charge in [0.2, 0.25) is 10.0 Å². The largest absolute Gasteiger partial charge is 0.387 e. The highest BCUT2D eigenvalue weighted by Crippen LogP contribution is 2.12. The Morgan fingerprint density at radius 1 is 1.16 bits per heavy atom. The fraction of sp³-hybridized carbons (Fsp3) is 0.154. The molecule has 0 bridgehead atoms. The highest BCUT2D eigenvalue weighted by atomic mass is 32.2. The molecule has 2 N–H and O–H groups in total. The van der Waals surface area contributed by atoms with Gasteiger partial charge in [0.25, 0.3) is 0 Å². The number of pyridine rings is 1. The summed E-state index contributed by atoms with van der Waals surface area (Å²) in [6.07, 6.45) is 1.88. The molecule has 0 spiro atoms. The Bertz CT molecular complexity index is 615. The van der Waals surface area contributed by atoms with Crippen LogP contribution in [-0.2, 0) is 10.0 Å². The lowest BCUT2D eigenvalue weighted by Gasteiger charge is -2.12. The van der Waals surface area contributed by atoms with Crippen molar-refractivity contribution in [2.75, 3.05) is 6.54 Å². The van der Waals surface area contributed by atoms with E-state index in [1.54, 1.807) is 30.3 Å². The van der Waals surface area contributed by atoms with Crippen molar-refractivity contribution < 1.29 is 13.5 Å². The Morgan fingerprint density at radius 3 is 2.53 bits per heavy atom. The van der Waals surface area contributed by atoms with E-state index in [-0.39, 0.29) is 11.4 Å². The van der Waals surface area contributed by atoms with Crippen LogP contribution in [0.25, 0.3) is 0 Å². The Balaban J connectivity index is 2.03. The Labute approximate surface area is 112 Å². The van der Waals surface area contributed by atoms with Gasteiger partial charge in [0.15, 0.2) is 0 Å². The second kappa shape index (κ2) is 5.92. The maximum absolute atomic E-state index is 11.9. The SMILES string of the molecule is O=S(=O)(NCC(O)c1ccccc1)c1cccnc1. The molecule has 1 heterocycles. The first-order valence-corrected chi connectivity index (χ1v) is 7.20. The van der Waals surface area contributed by atoms with Crippen molar-refractivity contribution in [2.24, 2.45) is 0 Å². The Kier molecular flexibility index (Phi) is 4.26. The molecule has 0 saturated carbocycles. The van der Waals surface area contributed by atoms with E-state index < -0.39 is 16.1 Å². The number of nitrogens with zero attached hydrogens (tertiary/aromatic N) is 1. The summed E-state index contributed by atoms with van der Waals surface area (Å²) in [7, 11) is -3.64. The first-order chi connectivity index (χ1) is 9.09. The average Bonchev–Trinajstić information content (AvgIpc) is 2.47. The third-order valence-electron chi connectivity index (χ3n) is 2.60. The van der Waals surface area contributed by atoms with Gasteiger partial charge in [-0.05, 0) is 17.7 Å². The zero-order chi connectivity index (χ0) is 13.7. The molecule has 5 nitrogen and oxygen atoms in total. The van der Waals surface area contributed by atoms with Crippen LogP contribution in [0.5, 0.6) is 0 Å². The molecular formula is C13H14N2O3S. The standard InChI is InChI=1S/C13H14N2O3S/c16-13(11-5-2-1-3-6-11)10-15-19(17,18)12-7-4-8-14-9-12/h1-9,13,15-16H,10H2. The molecular weight excluding hydrogens is 264 g/mol. The molecule has 19 heavy (non-hydrogen) atoms. The highest BCUT2D eigenvalue weighted by molar-refractivity contribution is 7.89. The number of hydrogen-bond acceptors (Lipinski definition) is 4. The molecule has 2 aromatic rings. The van der Waals surface area contributed by atoms with Gasteiger partial charge in [-0.3, -0.25) is 4.98 Å². The number of rotatable bonds is 5. The molecule has 0 fully saturated rings. The second-order valence-corrected chi connectivity index (χ2v) is 5.73. The summed E-state index contributed by atoms with van der Waals surface area (Å²) in [5.41, 5.74) is 0.663. The fourth-order valence-electron chi connectivity index (χ4n) is 1.57. The molecule has 0 aliphatic carbocycles. The van der Waals surface area contributed by atoms with Gasteiger partial charge in [0.05, 0.1) is 6.10 Å². The number of benzene rings is 1. The minimum atomic E-state index is -3.64. The number of aliphatic hydroxyl groups is 1. The van der Waals surface area contributed by atoms with Crippen LogP contribution in [0, 0.1) is 0 Å². The monoisotopic (exact) mass is 278 g/mol. The molecule has 2 rings (SSSR count). The summed E-state index contributed by atoms with van der Waals surface area (Å²) in [4.78, 5) is 3.83. The van der Waals surface area contributed by atoms with Gasteiger partial charge in [-0.25, -0.2) is 13.1 Å². The number of aromatic nitrogens is 1. The maximum atomic E-state index is 11.9. The number of nitrogens with one attached hydrogen (secondary N) is 1. The summed E-state index contributed by atoms with van der Waals surface area (Å²) in [6, 6.07) is 11.9. The Morgan fingerprint density at radius 2 is 1.89 bits per heavy atom. The lowest BCUT2D eigenvalue weighted by atomic mass is 10.1. The topological polar surface area (TPSA) is 79.3 Å². The van der Waals surface area contributed by atoms with E-state index in [0.29, 0.717) is 5.56 Å². The normalized spacial score (nSPS) is 13.1. The smallest absolute Gasteiger partial charge is 0.242 e. The molecule has 0 aliphatic rings. The van der Waals surface area contributed by atoms with E-state index in [9.17, 15) is 13.5 Å². The molecule has 100 valence electrons. The van der Waals surface area contributed by atoms with Crippen LogP contribution in [0.2, 0.25) is 0 Å². The minimum Gasteiger partial charge on any atom is -0.387 e. The zero-order valence-electron chi connectivity index (χ0n) is 10.1. The van der Waals surface area contributed by atoms with E-state index in [0.717, 1.165) is 0 Å². The molecule has 1 atom stereocenters. The van der Waals surface area contributed by atoms with Crippen LogP contribution >= 0.6 is 0 Å². The Hall–Kier alpha value is -1.76. The number of hydrogen-bond donors (Lipinski definition) is 2. The van der Waals surface area contributed by atoms with Crippen molar-refractivity contribution in [1.29, 1.82) is 0 Å². The predicted octanol–water partition coefficient (Wildman–Crippen LogP) is 1.09. The van der Waals surface area contributed by atoms with Crippen LogP contribution in [0.15, 0.2) is 59.8 Å². The fourth-order valence-corrected chi connectivity index (χ4v) is 2.57. The third kappa shape index (κ3) is 3.60. The zero-order valence-corrected chi connectivity index (χ0v) is 10.9. The van der Waals surface area contributed by atoms with Crippen molar-refractivity contribution in [3.63, 3.8) is 0 Å². The van der Waals surface area contributed by atoms with Crippen molar-refractivity contribution in [1.82, 2.24) is 9.71 Å². The highest BCUT2D eigenvalue weighted by Gasteiger charge is 2.16. The lowest BCUT2D eigenvalue weighted by molar-refractivity contribution is 0.182. The van der Waals surface area contributed by atoms with E-state index in [4.69, 9.17) is 0 Å². The van der Waals surface area contributed by atoms with Crippen LogP contribution in [-0.4, -0.2) is 25.1 Å². The van der Waals surface area contributed by atoms with Gasteiger partial charge >= 0.3 is 0 Å². The summed E-state index contributed by atoms with van der Waals surface area (Å²) in [5.74, 6) is 0. The summed E-state index contributed by atoms with van der Waals surface area (Å²) in [5, 5.41) is 9.89. The van der Waals surface area contributed by atoms with E-state index in [1.165, 1.54) is 18.5 Å². The molecule has 0 saturated heterocycles. The molecule has 1 aromatic heterocycles. The van der Waals surface area contributed by atoms with Gasteiger partial charge < -0.3 is 5.11 Å². The molecule has 1 aromatic carbocycles. The summed E-state index contributed by atoms with van der Waals surface area (Å²) >= 11 is 0. The first-order valence-electron chi connectivity index (χ1n) is 5.72. The van der Waals surface area contributed by atoms with E-state index >= 15 is 0 Å².